The molecule has 1 radical (unpaired) electrons. The zero-order valence-electron chi connectivity index (χ0n) is 11.2. The summed E-state index contributed by atoms with van der Waals surface area (Å²) in [6.07, 6.45) is 11.5. The maximum Gasteiger partial charge on any atom is 0.155 e. The van der Waals surface area contributed by atoms with Crippen LogP contribution in [0.15, 0.2) is 6.33 Å². The van der Waals surface area contributed by atoms with Crippen LogP contribution in [0.2, 0.25) is 0 Å². The van der Waals surface area contributed by atoms with E-state index < -0.39 is 0 Å². The van der Waals surface area contributed by atoms with Crippen LogP contribution < -0.4 is 5.73 Å². The van der Waals surface area contributed by atoms with Crippen molar-refractivity contribution in [1.29, 1.82) is 0 Å². The molecule has 2 unspecified atom stereocenters. The predicted molar refractivity (Wildman–Crippen MR) is 72.3 cm³/mol. The fraction of sp³-hybridized carbons (Fsp3) is 0.846. The Morgan fingerprint density at radius 3 is 2.67 bits per heavy atom. The Balaban J connectivity index is 1.95. The predicted octanol–water partition coefficient (Wildman–Crippen LogP) is 1.52. The highest BCUT2D eigenvalue weighted by Crippen LogP contribution is 2.44. The maximum absolute atomic E-state index is 6.57. The van der Waals surface area contributed by atoms with Crippen LogP contribution in [0.1, 0.15) is 57.2 Å². The van der Waals surface area contributed by atoms with Gasteiger partial charge in [-0.15, -0.1) is 10.2 Å². The minimum atomic E-state index is -0.0731. The number of aryl methyl sites for hydroxylation is 1. The van der Waals surface area contributed by atoms with E-state index in [1.165, 1.54) is 32.1 Å². The first-order valence-electron chi connectivity index (χ1n) is 7.14. The van der Waals surface area contributed by atoms with Gasteiger partial charge in [0.1, 0.15) is 12.2 Å². The molecule has 1 aromatic heterocycles. The lowest BCUT2D eigenvalue weighted by Crippen LogP contribution is -2.48. The Morgan fingerprint density at radius 1 is 1.17 bits per heavy atom. The molecular formula is C13H22BN4. The average molecular weight is 245 g/mol. The van der Waals surface area contributed by atoms with Crippen molar-refractivity contribution < 1.29 is 0 Å². The largest absolute Gasteiger partial charge is 0.332 e. The SMILES string of the molecule is Cn1cnnc1C12[B]C(N)(CCCCCC1)CC2. The van der Waals surface area contributed by atoms with E-state index >= 15 is 0 Å². The molecule has 2 fully saturated rings. The summed E-state index contributed by atoms with van der Waals surface area (Å²) in [7, 11) is 4.45. The second-order valence-electron chi connectivity index (χ2n) is 6.21. The highest BCUT2D eigenvalue weighted by molar-refractivity contribution is 6.45. The molecule has 5 heteroatoms. The van der Waals surface area contributed by atoms with Gasteiger partial charge in [0, 0.05) is 12.4 Å². The normalized spacial score (nSPS) is 36.6. The van der Waals surface area contributed by atoms with Crippen molar-refractivity contribution in [2.24, 2.45) is 12.8 Å². The molecule has 0 saturated carbocycles. The van der Waals surface area contributed by atoms with Gasteiger partial charge in [0.2, 0.25) is 0 Å². The average Bonchev–Trinajstić information content (AvgIpc) is 2.91. The molecule has 4 nitrogen and oxygen atoms in total. The highest BCUT2D eigenvalue weighted by Gasteiger charge is 2.49. The molecule has 2 aliphatic heterocycles. The molecule has 0 amide bonds. The summed E-state index contributed by atoms with van der Waals surface area (Å²) in [6, 6.07) is 0. The number of nitrogens with two attached hydrogens (primary N) is 1. The molecule has 2 aliphatic rings. The van der Waals surface area contributed by atoms with E-state index in [9.17, 15) is 0 Å². The number of nitrogens with zero attached hydrogens (tertiary/aromatic N) is 3. The van der Waals surface area contributed by atoms with Crippen LogP contribution in [0, 0.1) is 0 Å². The van der Waals surface area contributed by atoms with Gasteiger partial charge in [-0.2, -0.15) is 0 Å². The molecule has 2 N–H and O–H groups in total. The number of hydrogen-bond acceptors (Lipinski definition) is 3. The third kappa shape index (κ3) is 1.98. The monoisotopic (exact) mass is 245 g/mol. The molecule has 97 valence electrons. The van der Waals surface area contributed by atoms with E-state index in [-0.39, 0.29) is 10.8 Å². The van der Waals surface area contributed by atoms with Crippen molar-refractivity contribution >= 4 is 7.28 Å². The Bertz CT molecular complexity index is 432. The first kappa shape index (κ1) is 12.2. The second kappa shape index (κ2) is 4.37. The van der Waals surface area contributed by atoms with Gasteiger partial charge < -0.3 is 10.3 Å². The van der Waals surface area contributed by atoms with Crippen LogP contribution in [0.25, 0.3) is 0 Å². The first-order chi connectivity index (χ1) is 8.64. The third-order valence-corrected chi connectivity index (χ3v) is 4.77. The van der Waals surface area contributed by atoms with Gasteiger partial charge in [0.05, 0.1) is 0 Å². The van der Waals surface area contributed by atoms with E-state index in [1.807, 2.05) is 7.05 Å². The van der Waals surface area contributed by atoms with Gasteiger partial charge in [0.25, 0.3) is 0 Å². The summed E-state index contributed by atoms with van der Waals surface area (Å²) >= 11 is 0. The zero-order valence-corrected chi connectivity index (χ0v) is 11.2. The Hall–Kier alpha value is -0.835. The molecule has 3 rings (SSSR count). The Morgan fingerprint density at radius 2 is 1.94 bits per heavy atom. The lowest BCUT2D eigenvalue weighted by Gasteiger charge is -2.29. The summed E-state index contributed by atoms with van der Waals surface area (Å²) in [5.41, 5.74) is 6.49. The molecule has 2 atom stereocenters. The summed E-state index contributed by atoms with van der Waals surface area (Å²) < 4.78 is 2.07. The van der Waals surface area contributed by atoms with Crippen LogP contribution in [-0.2, 0) is 12.4 Å². The van der Waals surface area contributed by atoms with Crippen LogP contribution in [0.5, 0.6) is 0 Å². The number of rotatable bonds is 1. The lowest BCUT2D eigenvalue weighted by atomic mass is 9.45. The minimum absolute atomic E-state index is 0.0731. The molecular weight excluding hydrogens is 223 g/mol. The fourth-order valence-electron chi connectivity index (χ4n) is 3.81. The van der Waals surface area contributed by atoms with Gasteiger partial charge in [0.15, 0.2) is 7.28 Å². The molecule has 18 heavy (non-hydrogen) atoms. The van der Waals surface area contributed by atoms with Crippen molar-refractivity contribution in [3.63, 3.8) is 0 Å². The smallest absolute Gasteiger partial charge is 0.155 e. The first-order valence-corrected chi connectivity index (χ1v) is 7.14. The Kier molecular flexibility index (Phi) is 2.97. The van der Waals surface area contributed by atoms with Crippen molar-refractivity contribution in [2.75, 3.05) is 0 Å². The standard InChI is InChI=1S/C13H22BN4/c1-18-10-16-17-11(18)12-6-4-2-3-5-7-13(15,14-12)9-8-12/h10H,2-9,15H2,1H3. The third-order valence-electron chi connectivity index (χ3n) is 4.77. The molecule has 1 aromatic rings. The second-order valence-corrected chi connectivity index (χ2v) is 6.21. The molecule has 2 saturated heterocycles. The van der Waals surface area contributed by atoms with Crippen molar-refractivity contribution in [2.45, 2.75) is 62.1 Å². The summed E-state index contributed by atoms with van der Waals surface area (Å²) in [5.74, 6) is 1.11. The van der Waals surface area contributed by atoms with Gasteiger partial charge in [-0.3, -0.25) is 0 Å². The number of fused-ring (bicyclic) bond motifs is 2. The van der Waals surface area contributed by atoms with E-state index in [0.29, 0.717) is 0 Å². The topological polar surface area (TPSA) is 56.7 Å². The molecule has 3 heterocycles. The van der Waals surface area contributed by atoms with E-state index in [4.69, 9.17) is 5.73 Å². The summed E-state index contributed by atoms with van der Waals surface area (Å²) in [6.45, 7) is 0. The lowest BCUT2D eigenvalue weighted by molar-refractivity contribution is 0.413. The van der Waals surface area contributed by atoms with Gasteiger partial charge in [-0.05, 0) is 31.1 Å². The fourth-order valence-corrected chi connectivity index (χ4v) is 3.81. The van der Waals surface area contributed by atoms with Crippen molar-refractivity contribution in [3.05, 3.63) is 12.2 Å². The maximum atomic E-state index is 6.57. The number of aromatic nitrogens is 3. The van der Waals surface area contributed by atoms with E-state index in [0.717, 1.165) is 25.1 Å². The van der Waals surface area contributed by atoms with Crippen LogP contribution in [-0.4, -0.2) is 27.5 Å². The van der Waals surface area contributed by atoms with E-state index in [1.54, 1.807) is 6.33 Å². The molecule has 0 aliphatic carbocycles. The number of hydrogen-bond donors (Lipinski definition) is 1. The Labute approximate surface area is 110 Å². The van der Waals surface area contributed by atoms with Crippen LogP contribution in [0.3, 0.4) is 0 Å². The summed E-state index contributed by atoms with van der Waals surface area (Å²) in [4.78, 5) is 0. The molecule has 0 spiro atoms. The molecule has 0 aromatic carbocycles. The van der Waals surface area contributed by atoms with Gasteiger partial charge in [-0.1, -0.05) is 25.7 Å². The molecule has 2 bridgehead atoms. The van der Waals surface area contributed by atoms with Crippen LogP contribution >= 0.6 is 0 Å². The van der Waals surface area contributed by atoms with Gasteiger partial charge >= 0.3 is 0 Å². The van der Waals surface area contributed by atoms with Crippen LogP contribution in [0.4, 0.5) is 0 Å². The quantitative estimate of drug-likeness (QED) is 0.763. The zero-order chi connectivity index (χ0) is 12.6. The minimum Gasteiger partial charge on any atom is -0.332 e. The van der Waals surface area contributed by atoms with Crippen molar-refractivity contribution in [1.82, 2.24) is 14.8 Å². The van der Waals surface area contributed by atoms with Crippen molar-refractivity contribution in [3.8, 4) is 0 Å². The van der Waals surface area contributed by atoms with E-state index in [2.05, 4.69) is 22.0 Å². The highest BCUT2D eigenvalue weighted by atomic mass is 15.3. The summed E-state index contributed by atoms with van der Waals surface area (Å²) in [5, 5.41) is 8.50. The van der Waals surface area contributed by atoms with Gasteiger partial charge in [-0.25, -0.2) is 0 Å².